The van der Waals surface area contributed by atoms with Gasteiger partial charge < -0.3 is 10.9 Å². The zero-order valence-electron chi connectivity index (χ0n) is 12.4. The van der Waals surface area contributed by atoms with Crippen LogP contribution >= 0.6 is 0 Å². The Balaban J connectivity index is -0.00000144. The number of hydrogen-bond donors (Lipinski definition) is 1. The number of ether oxygens (including phenoxy) is 2. The number of hydrogen-bond acceptors (Lipinski definition) is 6. The predicted molar refractivity (Wildman–Crippen MR) is 63.6 cm³/mol. The van der Waals surface area contributed by atoms with Gasteiger partial charge in [0.1, 0.15) is 0 Å². The van der Waals surface area contributed by atoms with Crippen molar-refractivity contribution >= 4 is 22.1 Å². The molecule has 0 aromatic carbocycles. The van der Waals surface area contributed by atoms with E-state index in [4.69, 9.17) is 4.55 Å². The average Bonchev–Trinajstić information content (AvgIpc) is 2.28. The van der Waals surface area contributed by atoms with E-state index in [1.807, 2.05) is 0 Å². The van der Waals surface area contributed by atoms with Gasteiger partial charge in [-0.25, -0.2) is 0 Å². The van der Waals surface area contributed by atoms with E-state index in [1.165, 1.54) is 0 Å². The van der Waals surface area contributed by atoms with Crippen molar-refractivity contribution in [2.45, 2.75) is 38.4 Å². The van der Waals surface area contributed by atoms with E-state index in [9.17, 15) is 18.0 Å². The normalized spacial score (nSPS) is 12.2. The number of carbonyl (C=O) groups is 2. The maximum Gasteiger partial charge on any atom is 1.00 e. The van der Waals surface area contributed by atoms with E-state index in [2.05, 4.69) is 9.47 Å². The van der Waals surface area contributed by atoms with Crippen molar-refractivity contribution in [1.29, 1.82) is 0 Å². The topological polar surface area (TPSA) is 107 Å². The molecule has 0 fully saturated rings. The van der Waals surface area contributed by atoms with Crippen LogP contribution in [0.5, 0.6) is 0 Å². The van der Waals surface area contributed by atoms with Gasteiger partial charge in [0.15, 0.2) is 5.25 Å². The summed E-state index contributed by atoms with van der Waals surface area (Å²) >= 11 is 0. The van der Waals surface area contributed by atoms with Crippen molar-refractivity contribution in [2.75, 3.05) is 13.2 Å². The summed E-state index contributed by atoms with van der Waals surface area (Å²) in [6.45, 7) is 3.64. The monoisotopic (exact) mass is 306 g/mol. The van der Waals surface area contributed by atoms with E-state index >= 15 is 0 Å². The van der Waals surface area contributed by atoms with Gasteiger partial charge in [-0.1, -0.05) is 13.8 Å². The average molecular weight is 306 g/mol. The van der Waals surface area contributed by atoms with Crippen molar-refractivity contribution in [3.63, 3.8) is 0 Å². The first kappa shape index (κ1) is 21.2. The molecule has 0 bridgehead atoms. The summed E-state index contributed by atoms with van der Waals surface area (Å²) in [5, 5.41) is -1.92. The molecule has 7 nitrogen and oxygen atoms in total. The number of carbonyl (C=O) groups excluding carboxylic acids is 2. The summed E-state index contributed by atoms with van der Waals surface area (Å²) in [5.74, 6) is -2.01. The second-order valence-electron chi connectivity index (χ2n) is 3.60. The maximum absolute atomic E-state index is 11.4. The van der Waals surface area contributed by atoms with Crippen molar-refractivity contribution in [3.8, 4) is 0 Å². The van der Waals surface area contributed by atoms with Gasteiger partial charge in [-0.05, 0) is 12.8 Å². The van der Waals surface area contributed by atoms with Crippen LogP contribution in [0.15, 0.2) is 0 Å². The molecule has 0 saturated heterocycles. The first-order chi connectivity index (χ1) is 8.32. The second-order valence-corrected chi connectivity index (χ2v) is 5.19. The van der Waals surface area contributed by atoms with Gasteiger partial charge in [0.25, 0.3) is 10.1 Å². The van der Waals surface area contributed by atoms with Crippen LogP contribution in [0.1, 0.15) is 34.5 Å². The van der Waals surface area contributed by atoms with E-state index in [-0.39, 0.29) is 44.2 Å². The number of rotatable bonds is 8. The third-order valence-corrected chi connectivity index (χ3v) is 2.97. The standard InChI is InChI=1S/C10H18O7S.Na.H/c1-3-5-16-9(11)7-8(18(13,14)15)10(12)17-6-4-2;;/h8H,3-7H2,1-2H3,(H,13,14,15);;/q;+1;-1. The molecule has 0 spiro atoms. The summed E-state index contributed by atoms with van der Waals surface area (Å²) < 4.78 is 40.1. The van der Waals surface area contributed by atoms with Crippen LogP contribution in [0.4, 0.5) is 0 Å². The van der Waals surface area contributed by atoms with Gasteiger partial charge in [-0.15, -0.1) is 0 Å². The molecule has 0 rings (SSSR count). The van der Waals surface area contributed by atoms with Crippen LogP contribution in [0.2, 0.25) is 0 Å². The Morgan fingerprint density at radius 3 is 2.05 bits per heavy atom. The molecule has 0 aliphatic rings. The van der Waals surface area contributed by atoms with Crippen molar-refractivity contribution < 1.29 is 63.0 Å². The van der Waals surface area contributed by atoms with E-state index in [0.717, 1.165) is 0 Å². The molecule has 0 aliphatic carbocycles. The Morgan fingerprint density at radius 2 is 1.63 bits per heavy atom. The van der Waals surface area contributed by atoms with E-state index in [1.54, 1.807) is 13.8 Å². The van der Waals surface area contributed by atoms with Crippen molar-refractivity contribution in [2.24, 2.45) is 0 Å². The fourth-order valence-corrected chi connectivity index (χ4v) is 1.69. The molecule has 1 unspecified atom stereocenters. The Bertz CT molecular complexity index is 385. The summed E-state index contributed by atoms with van der Waals surface area (Å²) in [5.41, 5.74) is 0. The largest absolute Gasteiger partial charge is 1.00 e. The van der Waals surface area contributed by atoms with Crippen LogP contribution in [-0.4, -0.2) is 43.4 Å². The minimum absolute atomic E-state index is 0. The van der Waals surface area contributed by atoms with Crippen molar-refractivity contribution in [3.05, 3.63) is 0 Å². The summed E-state index contributed by atoms with van der Waals surface area (Å²) in [7, 11) is -4.69. The van der Waals surface area contributed by atoms with Crippen molar-refractivity contribution in [1.82, 2.24) is 0 Å². The molecule has 0 aromatic heterocycles. The quantitative estimate of drug-likeness (QED) is 0.304. The molecular weight excluding hydrogens is 287 g/mol. The first-order valence-electron chi connectivity index (χ1n) is 5.61. The second kappa shape index (κ2) is 10.6. The summed E-state index contributed by atoms with van der Waals surface area (Å²) in [4.78, 5) is 22.6. The molecule has 0 aliphatic heterocycles. The number of esters is 2. The molecular formula is C10H19NaO7S. The molecule has 9 heteroatoms. The van der Waals surface area contributed by atoms with Gasteiger partial charge in [-0.2, -0.15) is 8.42 Å². The van der Waals surface area contributed by atoms with E-state index in [0.29, 0.717) is 12.8 Å². The Labute approximate surface area is 136 Å². The Morgan fingerprint density at radius 1 is 1.16 bits per heavy atom. The summed E-state index contributed by atoms with van der Waals surface area (Å²) in [6.07, 6.45) is 0.328. The molecule has 1 atom stereocenters. The minimum Gasteiger partial charge on any atom is -1.00 e. The molecule has 0 amide bonds. The van der Waals surface area contributed by atoms with Crippen LogP contribution in [0.3, 0.4) is 0 Å². The predicted octanol–water partition coefficient (Wildman–Crippen LogP) is -2.34. The van der Waals surface area contributed by atoms with Gasteiger partial charge in [-0.3, -0.25) is 14.1 Å². The zero-order chi connectivity index (χ0) is 14.2. The molecule has 0 radical (unpaired) electrons. The molecule has 108 valence electrons. The maximum atomic E-state index is 11.4. The van der Waals surface area contributed by atoms with Crippen LogP contribution in [-0.2, 0) is 29.2 Å². The first-order valence-corrected chi connectivity index (χ1v) is 7.11. The Hall–Kier alpha value is -0.150. The minimum atomic E-state index is -4.69. The fraction of sp³-hybridized carbons (Fsp3) is 0.800. The van der Waals surface area contributed by atoms with E-state index < -0.39 is 33.7 Å². The summed E-state index contributed by atoms with van der Waals surface area (Å²) in [6, 6.07) is 0. The van der Waals surface area contributed by atoms with Gasteiger partial charge in [0, 0.05) is 0 Å². The molecule has 19 heavy (non-hydrogen) atoms. The zero-order valence-corrected chi connectivity index (χ0v) is 14.2. The SMILES string of the molecule is CCCOC(=O)CC(C(=O)OCCC)S(=O)(=O)O.[H-].[Na+]. The molecule has 0 heterocycles. The fourth-order valence-electron chi connectivity index (χ4n) is 1.03. The molecule has 0 saturated carbocycles. The molecule has 0 aromatic rings. The molecule has 1 N–H and O–H groups in total. The third kappa shape index (κ3) is 9.39. The van der Waals surface area contributed by atoms with Crippen LogP contribution in [0.25, 0.3) is 0 Å². The van der Waals surface area contributed by atoms with Gasteiger partial charge >= 0.3 is 41.5 Å². The van der Waals surface area contributed by atoms with Gasteiger partial charge in [0.2, 0.25) is 0 Å². The van der Waals surface area contributed by atoms with Gasteiger partial charge in [0.05, 0.1) is 19.6 Å². The van der Waals surface area contributed by atoms with Crippen LogP contribution < -0.4 is 29.6 Å². The van der Waals surface area contributed by atoms with Crippen LogP contribution in [0, 0.1) is 0 Å². The Kier molecular flexibility index (Phi) is 11.8. The smallest absolute Gasteiger partial charge is 1.00 e. The third-order valence-electron chi connectivity index (χ3n) is 1.89.